The van der Waals surface area contributed by atoms with E-state index < -0.39 is 0 Å². The minimum atomic E-state index is -0.362. The maximum atomic E-state index is 12.5. The summed E-state index contributed by atoms with van der Waals surface area (Å²) < 4.78 is 7.10. The maximum Gasteiger partial charge on any atom is 0.261 e. The predicted molar refractivity (Wildman–Crippen MR) is 100 cm³/mol. The molecule has 3 aromatic rings. The van der Waals surface area contributed by atoms with Gasteiger partial charge in [-0.3, -0.25) is 14.2 Å². The molecule has 128 valence electrons. The second kappa shape index (κ2) is 7.25. The Labute approximate surface area is 156 Å². The van der Waals surface area contributed by atoms with E-state index in [1.54, 1.807) is 36.4 Å². The van der Waals surface area contributed by atoms with Crippen molar-refractivity contribution in [2.24, 2.45) is 0 Å². The number of amides is 1. The number of fused-ring (bicyclic) bond motifs is 1. The van der Waals surface area contributed by atoms with Gasteiger partial charge >= 0.3 is 0 Å². The van der Waals surface area contributed by atoms with E-state index in [9.17, 15) is 9.59 Å². The predicted octanol–water partition coefficient (Wildman–Crippen LogP) is 3.46. The lowest BCUT2D eigenvalue weighted by atomic mass is 10.2. The Morgan fingerprint density at radius 2 is 2.12 bits per heavy atom. The van der Waals surface area contributed by atoms with Gasteiger partial charge in [0.05, 0.1) is 29.4 Å². The number of carbonyl (C=O) groups excluding carboxylic acids is 1. The number of hydrogen-bond donors (Lipinski definition) is 1. The number of aromatic nitrogens is 2. The van der Waals surface area contributed by atoms with Crippen molar-refractivity contribution >= 4 is 50.0 Å². The Hall–Kier alpha value is -2.38. The molecule has 0 aliphatic rings. The first-order valence-corrected chi connectivity index (χ1v) is 8.43. The van der Waals surface area contributed by atoms with Gasteiger partial charge in [0.25, 0.3) is 5.56 Å². The molecule has 0 fully saturated rings. The molecule has 25 heavy (non-hydrogen) atoms. The van der Waals surface area contributed by atoms with Crippen LogP contribution in [0.15, 0.2) is 52.0 Å². The van der Waals surface area contributed by atoms with Gasteiger partial charge in [0.15, 0.2) is 0 Å². The third-order valence-electron chi connectivity index (χ3n) is 3.54. The van der Waals surface area contributed by atoms with E-state index in [1.807, 2.05) is 0 Å². The number of methoxy groups -OCH3 is 1. The zero-order valence-corrected chi connectivity index (χ0v) is 15.5. The molecule has 3 rings (SSSR count). The van der Waals surface area contributed by atoms with Crippen LogP contribution in [0.25, 0.3) is 10.9 Å². The van der Waals surface area contributed by atoms with Crippen molar-refractivity contribution < 1.29 is 9.53 Å². The summed E-state index contributed by atoms with van der Waals surface area (Å²) in [6.45, 7) is -0.155. The minimum Gasteiger partial charge on any atom is -0.495 e. The van der Waals surface area contributed by atoms with Crippen molar-refractivity contribution in [3.63, 3.8) is 0 Å². The quantitative estimate of drug-likeness (QED) is 0.699. The van der Waals surface area contributed by atoms with Gasteiger partial charge in [-0.05, 0) is 36.4 Å². The molecule has 1 amide bonds. The zero-order valence-electron chi connectivity index (χ0n) is 13.1. The molecule has 0 radical (unpaired) electrons. The highest BCUT2D eigenvalue weighted by molar-refractivity contribution is 9.10. The molecule has 0 bridgehead atoms. The molecule has 0 spiro atoms. The Bertz CT molecular complexity index is 1020. The third-order valence-corrected chi connectivity index (χ3v) is 4.32. The van der Waals surface area contributed by atoms with Gasteiger partial charge in [0, 0.05) is 10.2 Å². The molecule has 1 N–H and O–H groups in total. The third kappa shape index (κ3) is 3.83. The summed E-state index contributed by atoms with van der Waals surface area (Å²) in [4.78, 5) is 28.9. The smallest absolute Gasteiger partial charge is 0.261 e. The summed E-state index contributed by atoms with van der Waals surface area (Å²) in [6.07, 6.45) is 1.36. The summed E-state index contributed by atoms with van der Waals surface area (Å²) >= 11 is 9.36. The van der Waals surface area contributed by atoms with Crippen LogP contribution >= 0.6 is 27.5 Å². The van der Waals surface area contributed by atoms with Crippen molar-refractivity contribution in [2.45, 2.75) is 6.54 Å². The molecule has 0 saturated heterocycles. The van der Waals surface area contributed by atoms with E-state index >= 15 is 0 Å². The molecule has 0 aliphatic heterocycles. The molecule has 0 atom stereocenters. The summed E-state index contributed by atoms with van der Waals surface area (Å²) in [5.74, 6) is 0.152. The number of rotatable bonds is 4. The van der Waals surface area contributed by atoms with Crippen LogP contribution in [-0.2, 0) is 11.3 Å². The molecule has 0 saturated carbocycles. The molecule has 6 nitrogen and oxygen atoms in total. The maximum absolute atomic E-state index is 12.5. The molecular weight excluding hydrogens is 410 g/mol. The number of nitrogens with one attached hydrogen (secondary N) is 1. The second-order valence-corrected chi connectivity index (χ2v) is 6.56. The van der Waals surface area contributed by atoms with Gasteiger partial charge in [0.1, 0.15) is 12.3 Å². The fourth-order valence-corrected chi connectivity index (χ4v) is 2.96. The van der Waals surface area contributed by atoms with E-state index in [2.05, 4.69) is 26.2 Å². The lowest BCUT2D eigenvalue weighted by molar-refractivity contribution is -0.116. The number of halogens is 2. The number of nitrogens with zero attached hydrogens (tertiary/aromatic N) is 2. The van der Waals surface area contributed by atoms with Crippen LogP contribution < -0.4 is 15.6 Å². The summed E-state index contributed by atoms with van der Waals surface area (Å²) in [5.41, 5.74) is 0.807. The molecule has 8 heteroatoms. The van der Waals surface area contributed by atoms with Crippen LogP contribution in [0.1, 0.15) is 0 Å². The van der Waals surface area contributed by atoms with Gasteiger partial charge in [-0.15, -0.1) is 0 Å². The van der Waals surface area contributed by atoms with Crippen molar-refractivity contribution in [3.05, 3.63) is 62.6 Å². The number of anilines is 1. The number of hydrogen-bond acceptors (Lipinski definition) is 4. The fraction of sp³-hybridized carbons (Fsp3) is 0.118. The van der Waals surface area contributed by atoms with E-state index in [0.29, 0.717) is 27.4 Å². The van der Waals surface area contributed by atoms with Crippen LogP contribution in [-0.4, -0.2) is 22.6 Å². The van der Waals surface area contributed by atoms with Crippen LogP contribution in [0.3, 0.4) is 0 Å². The van der Waals surface area contributed by atoms with E-state index in [4.69, 9.17) is 16.3 Å². The Balaban J connectivity index is 1.81. The normalized spacial score (nSPS) is 10.7. The largest absolute Gasteiger partial charge is 0.495 e. The first-order chi connectivity index (χ1) is 12.0. The van der Waals surface area contributed by atoms with Gasteiger partial charge in [-0.1, -0.05) is 27.5 Å². The molecule has 1 aromatic heterocycles. The lowest BCUT2D eigenvalue weighted by Crippen LogP contribution is -2.27. The van der Waals surface area contributed by atoms with Gasteiger partial charge in [0.2, 0.25) is 5.91 Å². The molecule has 0 aliphatic carbocycles. The van der Waals surface area contributed by atoms with Gasteiger partial charge in [-0.25, -0.2) is 4.98 Å². The van der Waals surface area contributed by atoms with Crippen LogP contribution in [0.4, 0.5) is 5.69 Å². The van der Waals surface area contributed by atoms with Crippen LogP contribution in [0.2, 0.25) is 5.02 Å². The van der Waals surface area contributed by atoms with Crippen LogP contribution in [0.5, 0.6) is 5.75 Å². The zero-order chi connectivity index (χ0) is 18.0. The van der Waals surface area contributed by atoms with Gasteiger partial charge < -0.3 is 10.1 Å². The number of ether oxygens (including phenoxy) is 1. The van der Waals surface area contributed by atoms with Crippen molar-refractivity contribution in [1.82, 2.24) is 9.55 Å². The fourth-order valence-electron chi connectivity index (χ4n) is 2.34. The number of benzene rings is 2. The van der Waals surface area contributed by atoms with E-state index in [0.717, 1.165) is 4.47 Å². The topological polar surface area (TPSA) is 73.2 Å². The minimum absolute atomic E-state index is 0.155. The monoisotopic (exact) mass is 421 g/mol. The lowest BCUT2D eigenvalue weighted by Gasteiger charge is -2.09. The summed E-state index contributed by atoms with van der Waals surface area (Å²) in [5, 5.41) is 3.52. The van der Waals surface area contributed by atoms with E-state index in [-0.39, 0.29) is 18.0 Å². The molecule has 2 aromatic carbocycles. The highest BCUT2D eigenvalue weighted by Gasteiger charge is 2.10. The second-order valence-electron chi connectivity index (χ2n) is 5.24. The average Bonchev–Trinajstić information content (AvgIpc) is 2.58. The van der Waals surface area contributed by atoms with E-state index in [1.165, 1.54) is 18.0 Å². The van der Waals surface area contributed by atoms with Crippen molar-refractivity contribution in [1.29, 1.82) is 0 Å². The highest BCUT2D eigenvalue weighted by atomic mass is 79.9. The van der Waals surface area contributed by atoms with Crippen molar-refractivity contribution in [3.8, 4) is 5.75 Å². The van der Waals surface area contributed by atoms with Crippen LogP contribution in [0, 0.1) is 0 Å². The SMILES string of the molecule is COc1ccc(NC(=O)Cn2cnc3ccc(Br)cc3c2=O)cc1Cl. The first kappa shape index (κ1) is 17.4. The number of carbonyl (C=O) groups is 1. The Morgan fingerprint density at radius 3 is 2.84 bits per heavy atom. The standard InChI is InChI=1S/C17H13BrClN3O3/c1-25-15-5-3-11(7-13(15)19)21-16(23)8-22-9-20-14-4-2-10(18)6-12(14)17(22)24/h2-7,9H,8H2,1H3,(H,21,23). The summed E-state index contributed by atoms with van der Waals surface area (Å²) in [7, 11) is 1.51. The average molecular weight is 423 g/mol. The summed E-state index contributed by atoms with van der Waals surface area (Å²) in [6, 6.07) is 10.1. The Kier molecular flexibility index (Phi) is 5.06. The molecular formula is C17H13BrClN3O3. The molecule has 1 heterocycles. The highest BCUT2D eigenvalue weighted by Crippen LogP contribution is 2.27. The van der Waals surface area contributed by atoms with Crippen molar-refractivity contribution in [2.75, 3.05) is 12.4 Å². The first-order valence-electron chi connectivity index (χ1n) is 7.26. The van der Waals surface area contributed by atoms with Gasteiger partial charge in [-0.2, -0.15) is 0 Å². The Morgan fingerprint density at radius 1 is 1.32 bits per heavy atom. The molecule has 0 unspecified atom stereocenters.